The topological polar surface area (TPSA) is 50.8 Å². The molecular formula is C20H23N3O2. The number of imidazole rings is 1. The molecule has 0 saturated heterocycles. The zero-order valence-corrected chi connectivity index (χ0v) is 14.9. The van der Waals surface area contributed by atoms with Crippen molar-refractivity contribution in [3.63, 3.8) is 0 Å². The molecule has 3 heterocycles. The Labute approximate surface area is 147 Å². The van der Waals surface area contributed by atoms with Gasteiger partial charge < -0.3 is 13.7 Å². The molecule has 0 N–H and O–H groups in total. The number of nitrogens with zero attached hydrogens (tertiary/aromatic N) is 3. The molecule has 3 aromatic heterocycles. The van der Waals surface area contributed by atoms with Crippen LogP contribution in [-0.2, 0) is 17.8 Å². The molecule has 0 aliphatic heterocycles. The Kier molecular flexibility index (Phi) is 3.86. The number of likely N-dealkylation sites (N-methyl/N-ethyl adjacent to an activating group) is 1. The van der Waals surface area contributed by atoms with Crippen LogP contribution in [0.1, 0.15) is 42.0 Å². The van der Waals surface area contributed by atoms with Crippen molar-refractivity contribution in [2.75, 3.05) is 7.05 Å². The summed E-state index contributed by atoms with van der Waals surface area (Å²) in [4.78, 5) is 18.8. The predicted octanol–water partition coefficient (Wildman–Crippen LogP) is 3.56. The quantitative estimate of drug-likeness (QED) is 0.715. The summed E-state index contributed by atoms with van der Waals surface area (Å²) < 4.78 is 7.86. The van der Waals surface area contributed by atoms with E-state index in [1.54, 1.807) is 4.90 Å². The molecule has 130 valence electrons. The van der Waals surface area contributed by atoms with Crippen LogP contribution in [0.4, 0.5) is 0 Å². The molecular weight excluding hydrogens is 314 g/mol. The second-order valence-corrected chi connectivity index (χ2v) is 7.20. The minimum Gasteiger partial charge on any atom is -0.464 e. The van der Waals surface area contributed by atoms with Gasteiger partial charge in [0.1, 0.15) is 17.2 Å². The van der Waals surface area contributed by atoms with Gasteiger partial charge in [-0.05, 0) is 43.0 Å². The van der Waals surface area contributed by atoms with Crippen molar-refractivity contribution in [1.82, 2.24) is 14.3 Å². The van der Waals surface area contributed by atoms with Crippen LogP contribution in [-0.4, -0.2) is 27.2 Å². The lowest BCUT2D eigenvalue weighted by atomic mass is 10.2. The number of carbonyl (C=O) groups is 1. The van der Waals surface area contributed by atoms with E-state index in [1.165, 1.54) is 6.42 Å². The highest BCUT2D eigenvalue weighted by atomic mass is 16.3. The maximum absolute atomic E-state index is 12.5. The Bertz CT molecular complexity index is 924. The maximum atomic E-state index is 12.5. The van der Waals surface area contributed by atoms with E-state index in [0.717, 1.165) is 34.3 Å². The number of amides is 1. The van der Waals surface area contributed by atoms with Crippen LogP contribution in [0.2, 0.25) is 0 Å². The van der Waals surface area contributed by atoms with E-state index < -0.39 is 0 Å². The largest absolute Gasteiger partial charge is 0.464 e. The van der Waals surface area contributed by atoms with Gasteiger partial charge in [0.2, 0.25) is 5.91 Å². The number of pyridine rings is 1. The molecule has 4 rings (SSSR count). The zero-order chi connectivity index (χ0) is 17.6. The van der Waals surface area contributed by atoms with Gasteiger partial charge in [0.25, 0.3) is 0 Å². The first kappa shape index (κ1) is 15.9. The molecule has 25 heavy (non-hydrogen) atoms. The van der Waals surface area contributed by atoms with Crippen molar-refractivity contribution in [3.05, 3.63) is 59.4 Å². The third kappa shape index (κ3) is 3.18. The molecule has 3 aromatic rings. The lowest BCUT2D eigenvalue weighted by Gasteiger charge is -2.14. The highest BCUT2D eigenvalue weighted by molar-refractivity contribution is 5.78. The fourth-order valence-corrected chi connectivity index (χ4v) is 3.30. The smallest absolute Gasteiger partial charge is 0.228 e. The molecule has 0 radical (unpaired) electrons. The van der Waals surface area contributed by atoms with Crippen molar-refractivity contribution >= 4 is 11.6 Å². The van der Waals surface area contributed by atoms with Crippen molar-refractivity contribution in [1.29, 1.82) is 0 Å². The molecule has 2 atom stereocenters. The van der Waals surface area contributed by atoms with Gasteiger partial charge in [0, 0.05) is 25.4 Å². The number of hydrogen-bond acceptors (Lipinski definition) is 3. The van der Waals surface area contributed by atoms with Crippen LogP contribution in [0.3, 0.4) is 0 Å². The average Bonchev–Trinajstić information content (AvgIpc) is 2.98. The van der Waals surface area contributed by atoms with Gasteiger partial charge >= 0.3 is 0 Å². The molecule has 1 fully saturated rings. The average molecular weight is 337 g/mol. The fourth-order valence-electron chi connectivity index (χ4n) is 3.30. The Balaban J connectivity index is 1.41. The van der Waals surface area contributed by atoms with Crippen molar-refractivity contribution in [2.24, 2.45) is 5.92 Å². The maximum Gasteiger partial charge on any atom is 0.228 e. The van der Waals surface area contributed by atoms with Gasteiger partial charge in [-0.3, -0.25) is 4.79 Å². The van der Waals surface area contributed by atoms with Gasteiger partial charge in [-0.2, -0.15) is 0 Å². The monoisotopic (exact) mass is 337 g/mol. The first-order chi connectivity index (χ1) is 12.0. The van der Waals surface area contributed by atoms with Crippen LogP contribution < -0.4 is 0 Å². The van der Waals surface area contributed by atoms with Crippen molar-refractivity contribution in [2.45, 2.75) is 39.2 Å². The Morgan fingerprint density at radius 2 is 2.20 bits per heavy atom. The van der Waals surface area contributed by atoms with E-state index in [9.17, 15) is 4.79 Å². The van der Waals surface area contributed by atoms with Gasteiger partial charge in [0.05, 0.1) is 18.7 Å². The summed E-state index contributed by atoms with van der Waals surface area (Å²) in [5.41, 5.74) is 2.80. The zero-order valence-electron chi connectivity index (χ0n) is 14.9. The number of furan rings is 1. The molecule has 1 saturated carbocycles. The van der Waals surface area contributed by atoms with E-state index in [1.807, 2.05) is 55.0 Å². The predicted molar refractivity (Wildman–Crippen MR) is 95.3 cm³/mol. The Hall–Kier alpha value is -2.56. The normalized spacial score (nSPS) is 19.3. The standard InChI is InChI=1S/C20H23N3O2/c1-13-5-4-8-23-11-15(21-20(13)23)10-19(24)22(3)12-16-6-7-18(25-16)17-9-14(17)2/h4-8,11,14,17H,9-10,12H2,1-3H3/t14-,17+/m1/s1. The summed E-state index contributed by atoms with van der Waals surface area (Å²) in [6.07, 6.45) is 5.38. The minimum absolute atomic E-state index is 0.0406. The van der Waals surface area contributed by atoms with E-state index in [4.69, 9.17) is 4.42 Å². The number of hydrogen-bond donors (Lipinski definition) is 0. The molecule has 5 heteroatoms. The minimum atomic E-state index is 0.0406. The molecule has 1 aliphatic rings. The third-order valence-corrected chi connectivity index (χ3v) is 5.04. The van der Waals surface area contributed by atoms with Gasteiger partial charge in [-0.1, -0.05) is 13.0 Å². The van der Waals surface area contributed by atoms with Crippen molar-refractivity contribution in [3.8, 4) is 0 Å². The second kappa shape index (κ2) is 6.06. The fraction of sp³-hybridized carbons (Fsp3) is 0.400. The van der Waals surface area contributed by atoms with E-state index in [2.05, 4.69) is 11.9 Å². The summed E-state index contributed by atoms with van der Waals surface area (Å²) in [6.45, 7) is 4.75. The first-order valence-electron chi connectivity index (χ1n) is 8.77. The van der Waals surface area contributed by atoms with Gasteiger partial charge in [-0.25, -0.2) is 4.98 Å². The van der Waals surface area contributed by atoms with Crippen LogP contribution >= 0.6 is 0 Å². The van der Waals surface area contributed by atoms with Gasteiger partial charge in [-0.15, -0.1) is 0 Å². The second-order valence-electron chi connectivity index (χ2n) is 7.20. The number of fused-ring (bicyclic) bond motifs is 1. The highest BCUT2D eigenvalue weighted by Crippen LogP contribution is 2.47. The van der Waals surface area contributed by atoms with Crippen LogP contribution in [0.15, 0.2) is 41.1 Å². The Morgan fingerprint density at radius 1 is 1.40 bits per heavy atom. The summed E-state index contributed by atoms with van der Waals surface area (Å²) >= 11 is 0. The SMILES string of the molecule is Cc1cccn2cc(CC(=O)N(C)Cc3ccc([C@H]4C[C@H]4C)o3)nc12. The van der Waals surface area contributed by atoms with Gasteiger partial charge in [0.15, 0.2) is 0 Å². The number of rotatable bonds is 5. The summed E-state index contributed by atoms with van der Waals surface area (Å²) in [5, 5.41) is 0. The number of aryl methyl sites for hydroxylation is 1. The lowest BCUT2D eigenvalue weighted by Crippen LogP contribution is -2.27. The molecule has 1 amide bonds. The van der Waals surface area contributed by atoms with Crippen LogP contribution in [0.25, 0.3) is 5.65 Å². The van der Waals surface area contributed by atoms with Crippen molar-refractivity contribution < 1.29 is 9.21 Å². The lowest BCUT2D eigenvalue weighted by molar-refractivity contribution is -0.130. The van der Waals surface area contributed by atoms with Crippen LogP contribution in [0, 0.1) is 12.8 Å². The van der Waals surface area contributed by atoms with E-state index >= 15 is 0 Å². The van der Waals surface area contributed by atoms with E-state index in [-0.39, 0.29) is 5.91 Å². The molecule has 0 unspecified atom stereocenters. The van der Waals surface area contributed by atoms with Crippen LogP contribution in [0.5, 0.6) is 0 Å². The Morgan fingerprint density at radius 3 is 2.92 bits per heavy atom. The highest BCUT2D eigenvalue weighted by Gasteiger charge is 2.36. The summed E-state index contributed by atoms with van der Waals surface area (Å²) in [5.74, 6) is 3.22. The molecule has 5 nitrogen and oxygen atoms in total. The molecule has 0 aromatic carbocycles. The number of carbonyl (C=O) groups excluding carboxylic acids is 1. The molecule has 0 spiro atoms. The molecule has 0 bridgehead atoms. The third-order valence-electron chi connectivity index (χ3n) is 5.04. The summed E-state index contributed by atoms with van der Waals surface area (Å²) in [6, 6.07) is 8.04. The van der Waals surface area contributed by atoms with E-state index in [0.29, 0.717) is 18.9 Å². The summed E-state index contributed by atoms with van der Waals surface area (Å²) in [7, 11) is 1.81. The first-order valence-corrected chi connectivity index (χ1v) is 8.77. The molecule has 1 aliphatic carbocycles. The number of aromatic nitrogens is 2.